The van der Waals surface area contributed by atoms with Gasteiger partial charge in [-0.25, -0.2) is 23.1 Å². The highest BCUT2D eigenvalue weighted by atomic mass is 35.5. The van der Waals surface area contributed by atoms with Crippen LogP contribution in [-0.2, 0) is 6.42 Å². The Labute approximate surface area is 112 Å². The van der Waals surface area contributed by atoms with Crippen molar-refractivity contribution in [2.75, 3.05) is 5.32 Å². The van der Waals surface area contributed by atoms with Gasteiger partial charge in [0.05, 0.1) is 0 Å². The summed E-state index contributed by atoms with van der Waals surface area (Å²) in [5.74, 6) is -2.52. The van der Waals surface area contributed by atoms with Crippen molar-refractivity contribution in [2.24, 2.45) is 0 Å². The second kappa shape index (κ2) is 5.44. The number of anilines is 2. The van der Waals surface area contributed by atoms with E-state index in [0.717, 1.165) is 0 Å². The number of hydrogen-bond donors (Lipinski definition) is 1. The van der Waals surface area contributed by atoms with Gasteiger partial charge in [-0.1, -0.05) is 18.5 Å². The van der Waals surface area contributed by atoms with E-state index in [1.165, 1.54) is 6.07 Å². The largest absolute Gasteiger partial charge is 0.335 e. The van der Waals surface area contributed by atoms with Gasteiger partial charge in [-0.15, -0.1) is 0 Å². The smallest absolute Gasteiger partial charge is 0.152 e. The van der Waals surface area contributed by atoms with E-state index >= 15 is 0 Å². The van der Waals surface area contributed by atoms with Crippen molar-refractivity contribution in [2.45, 2.75) is 13.3 Å². The van der Waals surface area contributed by atoms with E-state index in [-0.39, 0.29) is 11.0 Å². The minimum Gasteiger partial charge on any atom is -0.335 e. The summed E-state index contributed by atoms with van der Waals surface area (Å²) >= 11 is 5.76. The van der Waals surface area contributed by atoms with Crippen LogP contribution >= 0.6 is 11.6 Å². The molecule has 2 rings (SSSR count). The molecule has 0 unspecified atom stereocenters. The standard InChI is InChI=1S/C12H9ClF3N3/c1-2-10-17-9(13)5-11(18-10)19-12-7(15)3-6(14)4-8(12)16/h3-5H,2H2,1H3,(H,17,18,19). The lowest BCUT2D eigenvalue weighted by atomic mass is 10.2. The fourth-order valence-electron chi connectivity index (χ4n) is 1.48. The van der Waals surface area contributed by atoms with E-state index < -0.39 is 23.1 Å². The zero-order valence-corrected chi connectivity index (χ0v) is 10.6. The highest BCUT2D eigenvalue weighted by Gasteiger charge is 2.13. The quantitative estimate of drug-likeness (QED) is 0.871. The normalized spacial score (nSPS) is 10.6. The third kappa shape index (κ3) is 3.14. The second-order valence-corrected chi connectivity index (χ2v) is 4.10. The van der Waals surface area contributed by atoms with Crippen LogP contribution < -0.4 is 5.32 Å². The number of nitrogens with one attached hydrogen (secondary N) is 1. The van der Waals surface area contributed by atoms with Gasteiger partial charge in [-0.2, -0.15) is 0 Å². The number of aryl methyl sites for hydroxylation is 1. The van der Waals surface area contributed by atoms with Crippen LogP contribution in [0, 0.1) is 17.5 Å². The van der Waals surface area contributed by atoms with Gasteiger partial charge in [-0.3, -0.25) is 0 Å². The molecule has 0 aliphatic carbocycles. The van der Waals surface area contributed by atoms with Gasteiger partial charge in [0.2, 0.25) is 0 Å². The lowest BCUT2D eigenvalue weighted by Gasteiger charge is -2.09. The number of rotatable bonds is 3. The van der Waals surface area contributed by atoms with Gasteiger partial charge in [0.15, 0.2) is 11.6 Å². The van der Waals surface area contributed by atoms with Crippen molar-refractivity contribution in [3.05, 3.63) is 46.6 Å². The van der Waals surface area contributed by atoms with Crippen LogP contribution in [0.3, 0.4) is 0 Å². The van der Waals surface area contributed by atoms with Crippen molar-refractivity contribution in [1.82, 2.24) is 9.97 Å². The van der Waals surface area contributed by atoms with Gasteiger partial charge in [0.25, 0.3) is 0 Å². The molecule has 0 amide bonds. The molecule has 0 bridgehead atoms. The molecule has 0 aliphatic heterocycles. The molecule has 1 aromatic heterocycles. The van der Waals surface area contributed by atoms with Gasteiger partial charge >= 0.3 is 0 Å². The Bertz CT molecular complexity index is 596. The minimum absolute atomic E-state index is 0.140. The van der Waals surface area contributed by atoms with Crippen molar-refractivity contribution >= 4 is 23.1 Å². The molecule has 100 valence electrons. The Morgan fingerprint density at radius 2 is 1.74 bits per heavy atom. The first-order valence-electron chi connectivity index (χ1n) is 5.44. The first kappa shape index (κ1) is 13.6. The fraction of sp³-hybridized carbons (Fsp3) is 0.167. The molecule has 0 spiro atoms. The monoisotopic (exact) mass is 287 g/mol. The summed E-state index contributed by atoms with van der Waals surface area (Å²) in [7, 11) is 0. The number of nitrogens with zero attached hydrogens (tertiary/aromatic N) is 2. The van der Waals surface area contributed by atoms with Crippen molar-refractivity contribution < 1.29 is 13.2 Å². The molecule has 0 radical (unpaired) electrons. The van der Waals surface area contributed by atoms with Crippen LogP contribution in [0.2, 0.25) is 5.15 Å². The maximum atomic E-state index is 13.5. The molecule has 0 saturated heterocycles. The SMILES string of the molecule is CCc1nc(Cl)cc(Nc2c(F)cc(F)cc2F)n1. The molecule has 0 fully saturated rings. The molecule has 0 saturated carbocycles. The molecule has 3 nitrogen and oxygen atoms in total. The Kier molecular flexibility index (Phi) is 3.90. The Morgan fingerprint density at radius 3 is 2.32 bits per heavy atom. The van der Waals surface area contributed by atoms with Crippen molar-refractivity contribution in [3.8, 4) is 0 Å². The zero-order chi connectivity index (χ0) is 14.0. The lowest BCUT2D eigenvalue weighted by Crippen LogP contribution is -2.03. The van der Waals surface area contributed by atoms with Gasteiger partial charge in [0.1, 0.15) is 28.3 Å². The molecule has 7 heteroatoms. The van der Waals surface area contributed by atoms with Crippen molar-refractivity contribution in [1.29, 1.82) is 0 Å². The van der Waals surface area contributed by atoms with Crippen LogP contribution in [-0.4, -0.2) is 9.97 Å². The molecule has 1 aromatic carbocycles. The van der Waals surface area contributed by atoms with E-state index in [9.17, 15) is 13.2 Å². The zero-order valence-electron chi connectivity index (χ0n) is 9.85. The summed E-state index contributed by atoms with van der Waals surface area (Å²) < 4.78 is 39.7. The maximum Gasteiger partial charge on any atom is 0.152 e. The van der Waals surface area contributed by atoms with E-state index in [2.05, 4.69) is 15.3 Å². The molecule has 1 heterocycles. The Morgan fingerprint density at radius 1 is 1.11 bits per heavy atom. The van der Waals surface area contributed by atoms with Gasteiger partial charge in [-0.05, 0) is 0 Å². The number of benzene rings is 1. The van der Waals surface area contributed by atoms with Gasteiger partial charge < -0.3 is 5.32 Å². The topological polar surface area (TPSA) is 37.8 Å². The molecule has 0 aliphatic rings. The molecular formula is C12H9ClF3N3. The fourth-order valence-corrected chi connectivity index (χ4v) is 1.68. The molecule has 1 N–H and O–H groups in total. The summed E-state index contributed by atoms with van der Waals surface area (Å²) in [6.45, 7) is 1.81. The van der Waals surface area contributed by atoms with E-state index in [0.29, 0.717) is 24.4 Å². The van der Waals surface area contributed by atoms with Gasteiger partial charge in [0, 0.05) is 24.6 Å². The van der Waals surface area contributed by atoms with Crippen LogP contribution in [0.25, 0.3) is 0 Å². The molecule has 2 aromatic rings. The third-order valence-electron chi connectivity index (χ3n) is 2.32. The van der Waals surface area contributed by atoms with Crippen molar-refractivity contribution in [3.63, 3.8) is 0 Å². The highest BCUT2D eigenvalue weighted by molar-refractivity contribution is 6.29. The first-order chi connectivity index (χ1) is 8.99. The summed E-state index contributed by atoms with van der Waals surface area (Å²) in [5.41, 5.74) is -0.488. The Hall–Kier alpha value is -1.82. The molecule has 19 heavy (non-hydrogen) atoms. The number of hydrogen-bond acceptors (Lipinski definition) is 3. The lowest BCUT2D eigenvalue weighted by molar-refractivity contribution is 0.548. The Balaban J connectivity index is 2.39. The van der Waals surface area contributed by atoms with E-state index in [1.54, 1.807) is 0 Å². The molecular weight excluding hydrogens is 279 g/mol. The summed E-state index contributed by atoms with van der Waals surface area (Å²) in [6, 6.07) is 2.48. The summed E-state index contributed by atoms with van der Waals surface area (Å²) in [6.07, 6.45) is 0.517. The third-order valence-corrected chi connectivity index (χ3v) is 2.51. The van der Waals surface area contributed by atoms with E-state index in [4.69, 9.17) is 11.6 Å². The molecule has 0 atom stereocenters. The minimum atomic E-state index is -1.05. The summed E-state index contributed by atoms with van der Waals surface area (Å²) in [5, 5.41) is 2.58. The summed E-state index contributed by atoms with van der Waals surface area (Å²) in [4.78, 5) is 7.94. The van der Waals surface area contributed by atoms with Crippen LogP contribution in [0.4, 0.5) is 24.7 Å². The van der Waals surface area contributed by atoms with Crippen LogP contribution in [0.15, 0.2) is 18.2 Å². The maximum absolute atomic E-state index is 13.5. The van der Waals surface area contributed by atoms with Crippen LogP contribution in [0.1, 0.15) is 12.7 Å². The second-order valence-electron chi connectivity index (χ2n) is 3.72. The average molecular weight is 288 g/mol. The predicted molar refractivity (Wildman–Crippen MR) is 66.0 cm³/mol. The van der Waals surface area contributed by atoms with E-state index in [1.807, 2.05) is 6.92 Å². The average Bonchev–Trinajstić information content (AvgIpc) is 2.33. The van der Waals surface area contributed by atoms with Crippen LogP contribution in [0.5, 0.6) is 0 Å². The first-order valence-corrected chi connectivity index (χ1v) is 5.82. The predicted octanol–water partition coefficient (Wildman–Crippen LogP) is 3.85. The highest BCUT2D eigenvalue weighted by Crippen LogP contribution is 2.24. The number of aromatic nitrogens is 2. The number of halogens is 4.